The Balaban J connectivity index is 2.13. The number of amides is 1. The van der Waals surface area contributed by atoms with E-state index in [0.29, 0.717) is 12.1 Å². The van der Waals surface area contributed by atoms with Gasteiger partial charge in [0, 0.05) is 6.20 Å². The van der Waals surface area contributed by atoms with Gasteiger partial charge in [-0.15, -0.1) is 0 Å². The van der Waals surface area contributed by atoms with Gasteiger partial charge in [0.25, 0.3) is 5.91 Å². The largest absolute Gasteiger partial charge is 0.344 e. The van der Waals surface area contributed by atoms with Gasteiger partial charge in [0.15, 0.2) is 9.84 Å². The number of carbonyl (C=O) groups excluding carboxylic acids is 1. The molecule has 0 spiro atoms. The summed E-state index contributed by atoms with van der Waals surface area (Å²) in [6.07, 6.45) is 1.87. The minimum absolute atomic E-state index is 0.0411. The van der Waals surface area contributed by atoms with E-state index in [4.69, 9.17) is 5.84 Å². The first-order valence-electron chi connectivity index (χ1n) is 5.79. The minimum atomic E-state index is -3.06. The molecule has 1 aromatic rings. The van der Waals surface area contributed by atoms with E-state index < -0.39 is 21.3 Å². The monoisotopic (exact) mass is 284 g/mol. The van der Waals surface area contributed by atoms with Crippen LogP contribution in [0, 0.1) is 0 Å². The number of aromatic nitrogens is 1. The number of hydrogen-bond donors (Lipinski definition) is 3. The molecule has 1 unspecified atom stereocenters. The first kappa shape index (κ1) is 13.8. The number of nitrogens with zero attached hydrogens (tertiary/aromatic N) is 1. The lowest BCUT2D eigenvalue weighted by Crippen LogP contribution is -2.47. The Morgan fingerprint density at radius 1 is 1.53 bits per heavy atom. The van der Waals surface area contributed by atoms with Crippen LogP contribution in [0.5, 0.6) is 0 Å². The zero-order chi connectivity index (χ0) is 14.1. The first-order chi connectivity index (χ1) is 8.84. The molecule has 7 nitrogen and oxygen atoms in total. The number of sulfone groups is 1. The number of rotatable bonds is 3. The summed E-state index contributed by atoms with van der Waals surface area (Å²) in [5.74, 6) is 4.91. The molecule has 0 aliphatic carbocycles. The average Bonchev–Trinajstić information content (AvgIpc) is 2.63. The van der Waals surface area contributed by atoms with Gasteiger partial charge >= 0.3 is 0 Å². The lowest BCUT2D eigenvalue weighted by Gasteiger charge is -2.23. The van der Waals surface area contributed by atoms with E-state index in [0.717, 1.165) is 0 Å². The molecule has 1 aliphatic heterocycles. The molecule has 1 fully saturated rings. The van der Waals surface area contributed by atoms with Gasteiger partial charge in [-0.25, -0.2) is 8.42 Å². The van der Waals surface area contributed by atoms with Gasteiger partial charge in [-0.1, -0.05) is 0 Å². The molecule has 0 saturated carbocycles. The lowest BCUT2D eigenvalue weighted by atomic mass is 10.0. The summed E-state index contributed by atoms with van der Waals surface area (Å²) in [6.45, 7) is 1.72. The molecule has 19 heavy (non-hydrogen) atoms. The highest BCUT2D eigenvalue weighted by atomic mass is 32.2. The third kappa shape index (κ3) is 3.21. The van der Waals surface area contributed by atoms with Crippen molar-refractivity contribution in [3.8, 4) is 0 Å². The molecule has 1 amide bonds. The highest BCUT2D eigenvalue weighted by Crippen LogP contribution is 2.23. The number of nitrogen functional groups attached to an aromatic ring is 1. The zero-order valence-corrected chi connectivity index (χ0v) is 11.3. The van der Waals surface area contributed by atoms with Crippen LogP contribution in [0.3, 0.4) is 0 Å². The maximum atomic E-state index is 12.0. The number of pyridine rings is 1. The summed E-state index contributed by atoms with van der Waals surface area (Å²) in [5, 5.41) is 2.73. The van der Waals surface area contributed by atoms with Crippen molar-refractivity contribution in [3.05, 3.63) is 24.0 Å². The smallest absolute Gasteiger partial charge is 0.270 e. The SMILES string of the molecule is CC1(NC(=O)c2cc(NN)ccn2)CCS(=O)(=O)C1. The second-order valence-corrected chi connectivity index (χ2v) is 7.11. The Morgan fingerprint density at radius 2 is 2.26 bits per heavy atom. The predicted molar refractivity (Wildman–Crippen MR) is 71.2 cm³/mol. The molecule has 0 radical (unpaired) electrons. The summed E-state index contributed by atoms with van der Waals surface area (Å²) in [4.78, 5) is 16.0. The quantitative estimate of drug-likeness (QED) is 0.517. The summed E-state index contributed by atoms with van der Waals surface area (Å²) >= 11 is 0. The average molecular weight is 284 g/mol. The Labute approximate surface area is 111 Å². The third-order valence-electron chi connectivity index (χ3n) is 3.08. The van der Waals surface area contributed by atoms with Crippen molar-refractivity contribution in [2.75, 3.05) is 16.9 Å². The van der Waals surface area contributed by atoms with Gasteiger partial charge in [-0.2, -0.15) is 0 Å². The fourth-order valence-electron chi connectivity index (χ4n) is 2.09. The summed E-state index contributed by atoms with van der Waals surface area (Å²) in [7, 11) is -3.06. The second-order valence-electron chi connectivity index (χ2n) is 4.93. The van der Waals surface area contributed by atoms with Crippen LogP contribution in [0.25, 0.3) is 0 Å². The maximum Gasteiger partial charge on any atom is 0.270 e. The fraction of sp³-hybridized carbons (Fsp3) is 0.455. The van der Waals surface area contributed by atoms with E-state index in [2.05, 4.69) is 15.7 Å². The van der Waals surface area contributed by atoms with Crippen LogP contribution >= 0.6 is 0 Å². The number of carbonyl (C=O) groups is 1. The van der Waals surface area contributed by atoms with Gasteiger partial charge in [-0.05, 0) is 25.5 Å². The van der Waals surface area contributed by atoms with Crippen LogP contribution in [0.2, 0.25) is 0 Å². The number of hydrogen-bond acceptors (Lipinski definition) is 6. The molecule has 1 saturated heterocycles. The second kappa shape index (κ2) is 4.78. The normalized spacial score (nSPS) is 24.9. The third-order valence-corrected chi connectivity index (χ3v) is 4.98. The standard InChI is InChI=1S/C11H16N4O3S/c1-11(3-5-19(17,18)7-11)14-10(16)9-6-8(15-12)2-4-13-9/h2,4,6H,3,5,7,12H2,1H3,(H,13,15)(H,14,16). The molecule has 2 heterocycles. The molecule has 1 atom stereocenters. The van der Waals surface area contributed by atoms with E-state index in [1.54, 1.807) is 13.0 Å². The Morgan fingerprint density at radius 3 is 2.84 bits per heavy atom. The van der Waals surface area contributed by atoms with Crippen LogP contribution in [0.4, 0.5) is 5.69 Å². The number of nitrogens with two attached hydrogens (primary N) is 1. The molecule has 1 aliphatic rings. The van der Waals surface area contributed by atoms with Gasteiger partial charge in [-0.3, -0.25) is 15.6 Å². The molecular formula is C11H16N4O3S. The van der Waals surface area contributed by atoms with Gasteiger partial charge in [0.1, 0.15) is 5.69 Å². The van der Waals surface area contributed by atoms with E-state index >= 15 is 0 Å². The van der Waals surface area contributed by atoms with Gasteiger partial charge in [0.05, 0.1) is 22.7 Å². The van der Waals surface area contributed by atoms with Crippen molar-refractivity contribution in [2.24, 2.45) is 5.84 Å². The number of nitrogens with one attached hydrogen (secondary N) is 2. The van der Waals surface area contributed by atoms with Crippen molar-refractivity contribution in [1.29, 1.82) is 0 Å². The van der Waals surface area contributed by atoms with Crippen LogP contribution in [0.1, 0.15) is 23.8 Å². The Bertz CT molecular complexity index is 602. The topological polar surface area (TPSA) is 114 Å². The molecule has 2 rings (SSSR count). The van der Waals surface area contributed by atoms with Crippen LogP contribution in [-0.2, 0) is 9.84 Å². The summed E-state index contributed by atoms with van der Waals surface area (Å²) in [5.41, 5.74) is 2.45. The molecule has 104 valence electrons. The minimum Gasteiger partial charge on any atom is -0.344 e. The maximum absolute atomic E-state index is 12.0. The van der Waals surface area contributed by atoms with E-state index in [9.17, 15) is 13.2 Å². The Kier molecular flexibility index (Phi) is 3.46. The van der Waals surface area contributed by atoms with Crippen LogP contribution in [-0.4, -0.2) is 36.4 Å². The van der Waals surface area contributed by atoms with E-state index in [1.807, 2.05) is 0 Å². The van der Waals surface area contributed by atoms with Crippen molar-refractivity contribution < 1.29 is 13.2 Å². The summed E-state index contributed by atoms with van der Waals surface area (Å²) < 4.78 is 22.9. The fourth-order valence-corrected chi connectivity index (χ4v) is 4.18. The van der Waals surface area contributed by atoms with Crippen molar-refractivity contribution >= 4 is 21.4 Å². The summed E-state index contributed by atoms with van der Waals surface area (Å²) in [6, 6.07) is 3.13. The molecule has 0 bridgehead atoms. The molecule has 1 aromatic heterocycles. The highest BCUT2D eigenvalue weighted by Gasteiger charge is 2.39. The number of anilines is 1. The van der Waals surface area contributed by atoms with Gasteiger partial charge in [0.2, 0.25) is 0 Å². The highest BCUT2D eigenvalue weighted by molar-refractivity contribution is 7.91. The van der Waals surface area contributed by atoms with Crippen molar-refractivity contribution in [3.63, 3.8) is 0 Å². The molecular weight excluding hydrogens is 268 g/mol. The Hall–Kier alpha value is -1.67. The first-order valence-corrected chi connectivity index (χ1v) is 7.61. The molecule has 8 heteroatoms. The van der Waals surface area contributed by atoms with E-state index in [1.165, 1.54) is 12.3 Å². The molecule has 4 N–H and O–H groups in total. The lowest BCUT2D eigenvalue weighted by molar-refractivity contribution is 0.0910. The van der Waals surface area contributed by atoms with E-state index in [-0.39, 0.29) is 17.2 Å². The van der Waals surface area contributed by atoms with Crippen molar-refractivity contribution in [2.45, 2.75) is 18.9 Å². The van der Waals surface area contributed by atoms with Crippen LogP contribution in [0.15, 0.2) is 18.3 Å². The number of hydrazine groups is 1. The van der Waals surface area contributed by atoms with Gasteiger partial charge < -0.3 is 10.7 Å². The zero-order valence-electron chi connectivity index (χ0n) is 10.5. The predicted octanol–water partition coefficient (Wildman–Crippen LogP) is -0.326. The molecule has 0 aromatic carbocycles. The van der Waals surface area contributed by atoms with Crippen LogP contribution < -0.4 is 16.6 Å². The van der Waals surface area contributed by atoms with Crippen molar-refractivity contribution in [1.82, 2.24) is 10.3 Å².